The molecule has 13 heavy (non-hydrogen) atoms. The van der Waals surface area contributed by atoms with Gasteiger partial charge in [-0.3, -0.25) is 4.79 Å². The Balaban J connectivity index is 4.19. The maximum atomic E-state index is 11.9. The van der Waals surface area contributed by atoms with E-state index in [9.17, 15) is 18.0 Å². The fourth-order valence-corrected chi connectivity index (χ4v) is 1.27. The molecule has 0 saturated carbocycles. The van der Waals surface area contributed by atoms with Gasteiger partial charge in [-0.1, -0.05) is 13.8 Å². The van der Waals surface area contributed by atoms with E-state index in [1.807, 2.05) is 0 Å². The summed E-state index contributed by atoms with van der Waals surface area (Å²) in [7, 11) is 0. The van der Waals surface area contributed by atoms with Crippen molar-refractivity contribution in [2.24, 2.45) is 11.8 Å². The second-order valence-corrected chi connectivity index (χ2v) is 3.82. The molecule has 0 rings (SSSR count). The molecule has 0 aliphatic carbocycles. The van der Waals surface area contributed by atoms with Gasteiger partial charge in [0, 0.05) is 5.92 Å². The fourth-order valence-electron chi connectivity index (χ4n) is 1.10. The predicted molar refractivity (Wildman–Crippen MR) is 44.5 cm³/mol. The quantitative estimate of drug-likeness (QED) is 0.659. The monoisotopic (exact) mass is 216 g/mol. The van der Waals surface area contributed by atoms with Gasteiger partial charge >= 0.3 is 6.18 Å². The first-order chi connectivity index (χ1) is 5.72. The van der Waals surface area contributed by atoms with Gasteiger partial charge in [0.25, 0.3) is 0 Å². The van der Waals surface area contributed by atoms with Crippen LogP contribution in [0.1, 0.15) is 26.7 Å². The summed E-state index contributed by atoms with van der Waals surface area (Å²) in [6.07, 6.45) is -5.25. The van der Waals surface area contributed by atoms with Crippen LogP contribution in [0.15, 0.2) is 0 Å². The summed E-state index contributed by atoms with van der Waals surface area (Å²) in [5, 5.41) is -0.897. The second kappa shape index (κ2) is 4.84. The van der Waals surface area contributed by atoms with E-state index in [1.165, 1.54) is 0 Å². The van der Waals surface area contributed by atoms with Gasteiger partial charge in [0.05, 0.1) is 6.42 Å². The fraction of sp³-hybridized carbons (Fsp3) is 0.875. The van der Waals surface area contributed by atoms with E-state index >= 15 is 0 Å². The molecule has 0 N–H and O–H groups in total. The average molecular weight is 217 g/mol. The zero-order valence-corrected chi connectivity index (χ0v) is 8.24. The number of carbonyl (C=O) groups is 1. The van der Waals surface area contributed by atoms with Gasteiger partial charge in [-0.05, 0) is 23.9 Å². The van der Waals surface area contributed by atoms with Crippen molar-refractivity contribution in [1.29, 1.82) is 0 Å². The van der Waals surface area contributed by atoms with E-state index in [0.717, 1.165) is 0 Å². The molecule has 78 valence electrons. The molecule has 0 aliphatic heterocycles. The molecule has 0 radical (unpaired) electrons. The van der Waals surface area contributed by atoms with E-state index in [2.05, 4.69) is 0 Å². The number of halogens is 4. The molecular weight excluding hydrogens is 205 g/mol. The molecule has 0 aromatic carbocycles. The van der Waals surface area contributed by atoms with Crippen LogP contribution in [-0.2, 0) is 4.79 Å². The minimum absolute atomic E-state index is 0.0371. The lowest BCUT2D eigenvalue weighted by molar-refractivity contribution is -0.151. The number of alkyl halides is 3. The van der Waals surface area contributed by atoms with E-state index < -0.39 is 23.8 Å². The van der Waals surface area contributed by atoms with Gasteiger partial charge in [0.15, 0.2) is 0 Å². The second-order valence-electron chi connectivity index (χ2n) is 3.45. The van der Waals surface area contributed by atoms with Crippen LogP contribution in [0.2, 0.25) is 0 Å². The molecule has 5 heteroatoms. The van der Waals surface area contributed by atoms with Crippen molar-refractivity contribution in [1.82, 2.24) is 0 Å². The van der Waals surface area contributed by atoms with Gasteiger partial charge in [-0.15, -0.1) is 0 Å². The Kier molecular flexibility index (Phi) is 4.75. The number of rotatable bonds is 4. The third kappa shape index (κ3) is 6.87. The molecule has 1 unspecified atom stereocenters. The van der Waals surface area contributed by atoms with Crippen LogP contribution < -0.4 is 0 Å². The SMILES string of the molecule is CC(C)CC(CC(F)(F)F)C(=O)Cl. The van der Waals surface area contributed by atoms with Crippen LogP contribution >= 0.6 is 11.6 Å². The normalized spacial score (nSPS) is 14.7. The van der Waals surface area contributed by atoms with Crippen LogP contribution in [0.3, 0.4) is 0 Å². The molecule has 1 atom stereocenters. The highest BCUT2D eigenvalue weighted by atomic mass is 35.5. The molecule has 0 fully saturated rings. The van der Waals surface area contributed by atoms with E-state index in [0.29, 0.717) is 0 Å². The van der Waals surface area contributed by atoms with Crippen molar-refractivity contribution in [3.8, 4) is 0 Å². The van der Waals surface area contributed by atoms with Gasteiger partial charge < -0.3 is 0 Å². The molecule has 0 saturated heterocycles. The lowest BCUT2D eigenvalue weighted by atomic mass is 9.95. The van der Waals surface area contributed by atoms with Gasteiger partial charge in [0.1, 0.15) is 0 Å². The highest BCUT2D eigenvalue weighted by Crippen LogP contribution is 2.29. The molecular formula is C8H12ClF3O. The summed E-state index contributed by atoms with van der Waals surface area (Å²) >= 11 is 5.06. The maximum absolute atomic E-state index is 11.9. The Morgan fingerprint density at radius 3 is 2.08 bits per heavy atom. The predicted octanol–water partition coefficient (Wildman–Crippen LogP) is 3.37. The molecule has 0 spiro atoms. The number of carbonyl (C=O) groups excluding carboxylic acids is 1. The summed E-state index contributed by atoms with van der Waals surface area (Å²) in [5.74, 6) is -1.06. The Bertz CT molecular complexity index is 177. The third-order valence-electron chi connectivity index (χ3n) is 1.55. The smallest absolute Gasteiger partial charge is 0.281 e. The lowest BCUT2D eigenvalue weighted by Crippen LogP contribution is -2.21. The van der Waals surface area contributed by atoms with Crippen molar-refractivity contribution in [3.63, 3.8) is 0 Å². The first kappa shape index (κ1) is 12.8. The summed E-state index contributed by atoms with van der Waals surface area (Å²) in [4.78, 5) is 10.6. The van der Waals surface area contributed by atoms with Crippen molar-refractivity contribution in [2.45, 2.75) is 32.9 Å². The highest BCUT2D eigenvalue weighted by molar-refractivity contribution is 6.63. The molecule has 0 aromatic rings. The van der Waals surface area contributed by atoms with Crippen LogP contribution in [0, 0.1) is 11.8 Å². The Labute approximate surface area is 80.3 Å². The van der Waals surface area contributed by atoms with E-state index in [1.54, 1.807) is 13.8 Å². The zero-order valence-electron chi connectivity index (χ0n) is 7.49. The molecule has 0 heterocycles. The Hall–Kier alpha value is -0.250. The lowest BCUT2D eigenvalue weighted by Gasteiger charge is -2.16. The molecule has 0 aliphatic rings. The van der Waals surface area contributed by atoms with Crippen molar-refractivity contribution in [3.05, 3.63) is 0 Å². The summed E-state index contributed by atoms with van der Waals surface area (Å²) in [6, 6.07) is 0. The third-order valence-corrected chi connectivity index (χ3v) is 1.86. The van der Waals surface area contributed by atoms with Crippen LogP contribution in [0.25, 0.3) is 0 Å². The first-order valence-electron chi connectivity index (χ1n) is 3.98. The molecule has 0 bridgehead atoms. The van der Waals surface area contributed by atoms with Crippen LogP contribution in [0.4, 0.5) is 13.2 Å². The molecule has 1 nitrogen and oxygen atoms in total. The molecule has 0 amide bonds. The van der Waals surface area contributed by atoms with E-state index in [4.69, 9.17) is 11.6 Å². The Morgan fingerprint density at radius 1 is 1.38 bits per heavy atom. The summed E-state index contributed by atoms with van der Waals surface area (Å²) in [5.41, 5.74) is 0. The van der Waals surface area contributed by atoms with Gasteiger partial charge in [-0.25, -0.2) is 0 Å². The summed E-state index contributed by atoms with van der Waals surface area (Å²) < 4.78 is 35.7. The topological polar surface area (TPSA) is 17.1 Å². The minimum Gasteiger partial charge on any atom is -0.281 e. The van der Waals surface area contributed by atoms with Crippen LogP contribution in [0.5, 0.6) is 0 Å². The first-order valence-corrected chi connectivity index (χ1v) is 4.36. The van der Waals surface area contributed by atoms with Crippen molar-refractivity contribution < 1.29 is 18.0 Å². The molecule has 0 aromatic heterocycles. The Morgan fingerprint density at radius 2 is 1.85 bits per heavy atom. The zero-order chi connectivity index (χ0) is 10.6. The number of hydrogen-bond donors (Lipinski definition) is 0. The van der Waals surface area contributed by atoms with Crippen molar-refractivity contribution in [2.75, 3.05) is 0 Å². The van der Waals surface area contributed by atoms with E-state index in [-0.39, 0.29) is 12.3 Å². The van der Waals surface area contributed by atoms with Crippen LogP contribution in [-0.4, -0.2) is 11.4 Å². The largest absolute Gasteiger partial charge is 0.389 e. The maximum Gasteiger partial charge on any atom is 0.389 e. The highest BCUT2D eigenvalue weighted by Gasteiger charge is 2.34. The standard InChI is InChI=1S/C8H12ClF3O/c1-5(2)3-6(7(9)13)4-8(10,11)12/h5-6H,3-4H2,1-2H3. The number of hydrogen-bond acceptors (Lipinski definition) is 1. The minimum atomic E-state index is -4.32. The summed E-state index contributed by atoms with van der Waals surface area (Å²) in [6.45, 7) is 3.51. The average Bonchev–Trinajstić information content (AvgIpc) is 1.81. The van der Waals surface area contributed by atoms with Gasteiger partial charge in [0.2, 0.25) is 5.24 Å². The van der Waals surface area contributed by atoms with Crippen molar-refractivity contribution >= 4 is 16.8 Å². The van der Waals surface area contributed by atoms with Gasteiger partial charge in [-0.2, -0.15) is 13.2 Å².